The van der Waals surface area contributed by atoms with Crippen molar-refractivity contribution in [1.82, 2.24) is 5.43 Å². The number of amides is 2. The quantitative estimate of drug-likeness (QED) is 0.305. The third-order valence-corrected chi connectivity index (χ3v) is 5.31. The van der Waals surface area contributed by atoms with Gasteiger partial charge in [-0.05, 0) is 61.0 Å². The third-order valence-electron chi connectivity index (χ3n) is 4.21. The first-order valence-electron chi connectivity index (χ1n) is 8.91. The van der Waals surface area contributed by atoms with Crippen LogP contribution in [0.4, 0.5) is 5.69 Å². The molecule has 0 unspecified atom stereocenters. The fourth-order valence-corrected chi connectivity index (χ4v) is 3.62. The summed E-state index contributed by atoms with van der Waals surface area (Å²) in [6.45, 7) is 1.72. The van der Waals surface area contributed by atoms with E-state index in [2.05, 4.69) is 15.8 Å². The Morgan fingerprint density at radius 3 is 1.94 bits per heavy atom. The molecule has 0 heterocycles. The van der Waals surface area contributed by atoms with Crippen molar-refractivity contribution < 1.29 is 9.59 Å². The lowest BCUT2D eigenvalue weighted by Gasteiger charge is -2.09. The average Bonchev–Trinajstić information content (AvgIpc) is 2.71. The number of halogens is 4. The van der Waals surface area contributed by atoms with Crippen molar-refractivity contribution in [3.8, 4) is 0 Å². The van der Waals surface area contributed by atoms with Crippen LogP contribution in [0.2, 0.25) is 20.1 Å². The molecule has 0 radical (unpaired) electrons. The highest BCUT2D eigenvalue weighted by Gasteiger charge is 2.13. The molecule has 3 aromatic carbocycles. The van der Waals surface area contributed by atoms with E-state index >= 15 is 0 Å². The highest BCUT2D eigenvalue weighted by molar-refractivity contribution is 6.37. The van der Waals surface area contributed by atoms with E-state index in [0.29, 0.717) is 32.6 Å². The molecule has 0 aliphatic rings. The zero-order valence-corrected chi connectivity index (χ0v) is 19.1. The van der Waals surface area contributed by atoms with Gasteiger partial charge in [0.25, 0.3) is 11.8 Å². The molecular weight excluding hydrogens is 480 g/mol. The number of nitrogens with one attached hydrogen (secondary N) is 2. The van der Waals surface area contributed by atoms with Gasteiger partial charge in [0.1, 0.15) is 0 Å². The standard InChI is InChI=1S/C22H15Cl4N3O2/c1-12(28-29-22(31)18-8-6-15(24)11-20(18)26)13-3-2-4-16(9-13)27-21(30)17-7-5-14(23)10-19(17)25/h2-11H,1H3,(H,27,30)(H,29,31)/b28-12+. The fraction of sp³-hybridized carbons (Fsp3) is 0.0455. The second-order valence-electron chi connectivity index (χ2n) is 6.42. The molecule has 3 aromatic rings. The third kappa shape index (κ3) is 5.99. The maximum Gasteiger partial charge on any atom is 0.272 e. The minimum absolute atomic E-state index is 0.225. The first-order chi connectivity index (χ1) is 14.7. The normalized spacial score (nSPS) is 11.2. The van der Waals surface area contributed by atoms with Gasteiger partial charge in [-0.25, -0.2) is 5.43 Å². The van der Waals surface area contributed by atoms with Crippen LogP contribution in [0.5, 0.6) is 0 Å². The summed E-state index contributed by atoms with van der Waals surface area (Å²) in [5, 5.41) is 8.24. The number of rotatable bonds is 5. The van der Waals surface area contributed by atoms with Crippen LogP contribution in [0, 0.1) is 0 Å². The van der Waals surface area contributed by atoms with Crippen LogP contribution in [0.1, 0.15) is 33.2 Å². The van der Waals surface area contributed by atoms with Crippen molar-refractivity contribution in [3.05, 3.63) is 97.4 Å². The summed E-state index contributed by atoms with van der Waals surface area (Å²) >= 11 is 23.9. The lowest BCUT2D eigenvalue weighted by Crippen LogP contribution is -2.19. The summed E-state index contributed by atoms with van der Waals surface area (Å²) in [5.74, 6) is -0.845. The summed E-state index contributed by atoms with van der Waals surface area (Å²) in [5.41, 5.74) is 4.77. The molecule has 0 atom stereocenters. The van der Waals surface area contributed by atoms with Crippen molar-refractivity contribution in [2.45, 2.75) is 6.92 Å². The van der Waals surface area contributed by atoms with Crippen LogP contribution in [0.3, 0.4) is 0 Å². The Morgan fingerprint density at radius 1 is 0.774 bits per heavy atom. The van der Waals surface area contributed by atoms with Gasteiger partial charge in [0.05, 0.1) is 26.9 Å². The molecule has 0 aliphatic carbocycles. The Balaban J connectivity index is 1.72. The second kappa shape index (κ2) is 10.2. The lowest BCUT2D eigenvalue weighted by atomic mass is 10.1. The number of anilines is 1. The van der Waals surface area contributed by atoms with Gasteiger partial charge in [0, 0.05) is 15.7 Å². The second-order valence-corrected chi connectivity index (χ2v) is 8.11. The van der Waals surface area contributed by atoms with E-state index in [1.807, 2.05) is 0 Å². The summed E-state index contributed by atoms with van der Waals surface area (Å²) in [6, 6.07) is 16.2. The van der Waals surface area contributed by atoms with Gasteiger partial charge in [0.15, 0.2) is 0 Å². The predicted octanol–water partition coefficient (Wildman–Crippen LogP) is 6.71. The van der Waals surface area contributed by atoms with Crippen molar-refractivity contribution in [1.29, 1.82) is 0 Å². The van der Waals surface area contributed by atoms with Crippen LogP contribution in [-0.2, 0) is 0 Å². The first kappa shape index (κ1) is 23.1. The monoisotopic (exact) mass is 493 g/mol. The number of nitrogens with zero attached hydrogens (tertiary/aromatic N) is 1. The van der Waals surface area contributed by atoms with E-state index in [1.54, 1.807) is 49.4 Å². The Kier molecular flexibility index (Phi) is 7.57. The van der Waals surface area contributed by atoms with Gasteiger partial charge in [-0.1, -0.05) is 58.5 Å². The van der Waals surface area contributed by atoms with E-state index < -0.39 is 5.91 Å². The molecule has 0 saturated carbocycles. The van der Waals surface area contributed by atoms with Crippen LogP contribution in [-0.4, -0.2) is 17.5 Å². The number of hydrazone groups is 1. The molecule has 9 heteroatoms. The maximum atomic E-state index is 12.5. The molecule has 158 valence electrons. The van der Waals surface area contributed by atoms with E-state index in [9.17, 15) is 9.59 Å². The van der Waals surface area contributed by atoms with Gasteiger partial charge < -0.3 is 5.32 Å². The molecule has 0 aliphatic heterocycles. The van der Waals surface area contributed by atoms with Crippen molar-refractivity contribution in [2.75, 3.05) is 5.32 Å². The SMILES string of the molecule is C/C(=N\NC(=O)c1ccc(Cl)cc1Cl)c1cccc(NC(=O)c2ccc(Cl)cc2Cl)c1. The van der Waals surface area contributed by atoms with E-state index in [-0.39, 0.29) is 21.5 Å². The Labute approximate surface area is 199 Å². The zero-order chi connectivity index (χ0) is 22.5. The number of benzene rings is 3. The summed E-state index contributed by atoms with van der Waals surface area (Å²) < 4.78 is 0. The number of carbonyl (C=O) groups excluding carboxylic acids is 2. The van der Waals surface area contributed by atoms with Gasteiger partial charge in [0.2, 0.25) is 0 Å². The molecule has 0 spiro atoms. The van der Waals surface area contributed by atoms with Gasteiger partial charge in [-0.15, -0.1) is 0 Å². The molecule has 5 nitrogen and oxygen atoms in total. The van der Waals surface area contributed by atoms with Gasteiger partial charge in [-0.2, -0.15) is 5.10 Å². The molecular formula is C22H15Cl4N3O2. The number of carbonyl (C=O) groups is 2. The summed E-state index contributed by atoms with van der Waals surface area (Å²) in [4.78, 5) is 24.8. The lowest BCUT2D eigenvalue weighted by molar-refractivity contribution is 0.0954. The Hall–Kier alpha value is -2.57. The Bertz CT molecular complexity index is 1200. The molecule has 2 amide bonds. The molecule has 0 saturated heterocycles. The van der Waals surface area contributed by atoms with Crippen LogP contribution in [0.25, 0.3) is 0 Å². The van der Waals surface area contributed by atoms with Crippen molar-refractivity contribution >= 4 is 69.6 Å². The molecule has 2 N–H and O–H groups in total. The smallest absolute Gasteiger partial charge is 0.272 e. The van der Waals surface area contributed by atoms with Crippen molar-refractivity contribution in [2.24, 2.45) is 5.10 Å². The highest BCUT2D eigenvalue weighted by Crippen LogP contribution is 2.23. The van der Waals surface area contributed by atoms with E-state index in [0.717, 1.165) is 0 Å². The van der Waals surface area contributed by atoms with E-state index in [1.165, 1.54) is 18.2 Å². The average molecular weight is 495 g/mol. The first-order valence-corrected chi connectivity index (χ1v) is 10.4. The minimum atomic E-state index is -0.470. The Morgan fingerprint density at radius 2 is 1.35 bits per heavy atom. The number of hydrogen-bond donors (Lipinski definition) is 2. The molecule has 31 heavy (non-hydrogen) atoms. The topological polar surface area (TPSA) is 70.6 Å². The largest absolute Gasteiger partial charge is 0.322 e. The summed E-state index contributed by atoms with van der Waals surface area (Å²) in [7, 11) is 0. The van der Waals surface area contributed by atoms with Crippen LogP contribution >= 0.6 is 46.4 Å². The predicted molar refractivity (Wildman–Crippen MR) is 127 cm³/mol. The molecule has 0 fully saturated rings. The highest BCUT2D eigenvalue weighted by atomic mass is 35.5. The molecule has 3 rings (SSSR count). The number of hydrogen-bond acceptors (Lipinski definition) is 3. The maximum absolute atomic E-state index is 12.5. The van der Waals surface area contributed by atoms with Gasteiger partial charge in [-0.3, -0.25) is 9.59 Å². The summed E-state index contributed by atoms with van der Waals surface area (Å²) in [6.07, 6.45) is 0. The van der Waals surface area contributed by atoms with Crippen LogP contribution in [0.15, 0.2) is 65.8 Å². The van der Waals surface area contributed by atoms with E-state index in [4.69, 9.17) is 46.4 Å². The van der Waals surface area contributed by atoms with Crippen LogP contribution < -0.4 is 10.7 Å². The molecule has 0 aromatic heterocycles. The fourth-order valence-electron chi connectivity index (χ4n) is 2.63. The molecule has 0 bridgehead atoms. The van der Waals surface area contributed by atoms with Gasteiger partial charge >= 0.3 is 0 Å². The van der Waals surface area contributed by atoms with Crippen molar-refractivity contribution in [3.63, 3.8) is 0 Å². The zero-order valence-electron chi connectivity index (χ0n) is 16.0. The minimum Gasteiger partial charge on any atom is -0.322 e.